The molecule has 0 aliphatic rings. The van der Waals surface area contributed by atoms with Gasteiger partial charge in [-0.2, -0.15) is 0 Å². The maximum Gasteiger partial charge on any atom is 0.262 e. The van der Waals surface area contributed by atoms with Crippen LogP contribution in [-0.2, 0) is 14.8 Å². The first-order chi connectivity index (χ1) is 14.7. The third kappa shape index (κ3) is 5.51. The van der Waals surface area contributed by atoms with Crippen molar-refractivity contribution in [2.24, 2.45) is 0 Å². The van der Waals surface area contributed by atoms with Gasteiger partial charge in [0.15, 0.2) is 6.61 Å². The van der Waals surface area contributed by atoms with E-state index in [4.69, 9.17) is 4.74 Å². The molecule has 0 aromatic heterocycles. The molecule has 0 aliphatic carbocycles. The van der Waals surface area contributed by atoms with Crippen LogP contribution in [-0.4, -0.2) is 39.3 Å². The summed E-state index contributed by atoms with van der Waals surface area (Å²) in [4.78, 5) is 12.5. The van der Waals surface area contributed by atoms with Crippen LogP contribution in [0.5, 0.6) is 5.75 Å². The highest BCUT2D eigenvalue weighted by molar-refractivity contribution is 7.89. The maximum atomic E-state index is 12.4. The number of rotatable bonds is 7. The summed E-state index contributed by atoms with van der Waals surface area (Å²) in [7, 11) is -0.659. The van der Waals surface area contributed by atoms with Gasteiger partial charge in [0.05, 0.1) is 4.90 Å². The summed E-state index contributed by atoms with van der Waals surface area (Å²) in [6, 6.07) is 20.4. The number of nitrogens with one attached hydrogen (secondary N) is 1. The molecule has 3 rings (SSSR count). The van der Waals surface area contributed by atoms with Crippen molar-refractivity contribution in [3.05, 3.63) is 77.9 Å². The van der Waals surface area contributed by atoms with Crippen molar-refractivity contribution in [1.82, 2.24) is 4.31 Å². The number of hydrogen-bond donors (Lipinski definition) is 1. The summed E-state index contributed by atoms with van der Waals surface area (Å²) < 4.78 is 31.4. The molecule has 0 atom stereocenters. The summed E-state index contributed by atoms with van der Waals surface area (Å²) in [6.07, 6.45) is 0. The van der Waals surface area contributed by atoms with Gasteiger partial charge in [-0.3, -0.25) is 4.79 Å². The number of aryl methyl sites for hydroxylation is 2. The molecule has 3 aromatic rings. The molecule has 0 radical (unpaired) electrons. The highest BCUT2D eigenvalue weighted by Crippen LogP contribution is 2.24. The lowest BCUT2D eigenvalue weighted by molar-refractivity contribution is -0.118. The number of hydrogen-bond acceptors (Lipinski definition) is 4. The van der Waals surface area contributed by atoms with Crippen molar-refractivity contribution in [2.45, 2.75) is 18.7 Å². The molecule has 1 amide bonds. The Hall–Kier alpha value is -3.16. The lowest BCUT2D eigenvalue weighted by Crippen LogP contribution is -2.23. The van der Waals surface area contributed by atoms with Gasteiger partial charge in [-0.05, 0) is 54.8 Å². The largest absolute Gasteiger partial charge is 0.484 e. The number of ether oxygens (including phenoxy) is 1. The Morgan fingerprint density at radius 2 is 1.48 bits per heavy atom. The molecule has 7 heteroatoms. The van der Waals surface area contributed by atoms with E-state index < -0.39 is 10.0 Å². The zero-order valence-electron chi connectivity index (χ0n) is 18.0. The lowest BCUT2D eigenvalue weighted by Gasteiger charge is -2.14. The van der Waals surface area contributed by atoms with Crippen LogP contribution < -0.4 is 10.1 Å². The van der Waals surface area contributed by atoms with E-state index in [0.717, 1.165) is 21.0 Å². The van der Waals surface area contributed by atoms with Crippen LogP contribution >= 0.6 is 0 Å². The number of sulfonamides is 1. The maximum absolute atomic E-state index is 12.4. The van der Waals surface area contributed by atoms with E-state index in [1.807, 2.05) is 31.2 Å². The SMILES string of the molecule is Cc1ccc(-c2ccc(OCC(=O)Nc3cc(S(=O)(=O)N(C)C)ccc3C)cc2)cc1. The van der Waals surface area contributed by atoms with E-state index in [1.165, 1.54) is 31.8 Å². The van der Waals surface area contributed by atoms with Crippen molar-refractivity contribution < 1.29 is 17.9 Å². The van der Waals surface area contributed by atoms with Gasteiger partial charge in [0.2, 0.25) is 10.0 Å². The summed E-state index contributed by atoms with van der Waals surface area (Å²) >= 11 is 0. The zero-order chi connectivity index (χ0) is 22.6. The fourth-order valence-corrected chi connectivity index (χ4v) is 3.86. The van der Waals surface area contributed by atoms with Gasteiger partial charge in [0, 0.05) is 19.8 Å². The number of carbonyl (C=O) groups excluding carboxylic acids is 1. The molecule has 31 heavy (non-hydrogen) atoms. The van der Waals surface area contributed by atoms with E-state index >= 15 is 0 Å². The first kappa shape index (κ1) is 22.5. The summed E-state index contributed by atoms with van der Waals surface area (Å²) in [5.41, 5.74) is 4.57. The molecular formula is C24H26N2O4S. The average Bonchev–Trinajstić information content (AvgIpc) is 2.74. The monoisotopic (exact) mass is 438 g/mol. The summed E-state index contributed by atoms with van der Waals surface area (Å²) in [6.45, 7) is 3.66. The molecule has 0 spiro atoms. The first-order valence-electron chi connectivity index (χ1n) is 9.80. The Morgan fingerprint density at radius 1 is 0.903 bits per heavy atom. The Bertz CT molecular complexity index is 1170. The van der Waals surface area contributed by atoms with Gasteiger partial charge < -0.3 is 10.1 Å². The highest BCUT2D eigenvalue weighted by Gasteiger charge is 2.18. The highest BCUT2D eigenvalue weighted by atomic mass is 32.2. The second kappa shape index (κ2) is 9.32. The third-order valence-electron chi connectivity index (χ3n) is 4.87. The van der Waals surface area contributed by atoms with Crippen molar-refractivity contribution in [2.75, 3.05) is 26.0 Å². The second-order valence-corrected chi connectivity index (χ2v) is 9.64. The fourth-order valence-electron chi connectivity index (χ4n) is 2.93. The van der Waals surface area contributed by atoms with Gasteiger partial charge in [-0.1, -0.05) is 48.0 Å². The molecule has 162 valence electrons. The molecule has 0 fully saturated rings. The zero-order valence-corrected chi connectivity index (χ0v) is 18.9. The first-order valence-corrected chi connectivity index (χ1v) is 11.2. The van der Waals surface area contributed by atoms with Crippen LogP contribution in [0.15, 0.2) is 71.6 Å². The average molecular weight is 439 g/mol. The van der Waals surface area contributed by atoms with Crippen molar-refractivity contribution in [3.8, 4) is 16.9 Å². The van der Waals surface area contributed by atoms with E-state index in [2.05, 4.69) is 29.6 Å². The van der Waals surface area contributed by atoms with E-state index in [-0.39, 0.29) is 17.4 Å². The Kier molecular flexibility index (Phi) is 6.77. The number of benzene rings is 3. The smallest absolute Gasteiger partial charge is 0.262 e. The van der Waals surface area contributed by atoms with Gasteiger partial charge in [0.25, 0.3) is 5.91 Å². The number of amides is 1. The van der Waals surface area contributed by atoms with Gasteiger partial charge >= 0.3 is 0 Å². The topological polar surface area (TPSA) is 75.7 Å². The van der Waals surface area contributed by atoms with E-state index in [1.54, 1.807) is 13.0 Å². The predicted octanol–water partition coefficient (Wildman–Crippen LogP) is 4.24. The number of carbonyl (C=O) groups is 1. The molecule has 1 N–H and O–H groups in total. The number of anilines is 1. The van der Waals surface area contributed by atoms with Crippen molar-refractivity contribution in [1.29, 1.82) is 0 Å². The number of nitrogens with zero attached hydrogens (tertiary/aromatic N) is 1. The minimum Gasteiger partial charge on any atom is -0.484 e. The summed E-state index contributed by atoms with van der Waals surface area (Å²) in [5, 5.41) is 2.73. The van der Waals surface area contributed by atoms with Crippen LogP contribution in [0.2, 0.25) is 0 Å². The second-order valence-electron chi connectivity index (χ2n) is 7.49. The van der Waals surface area contributed by atoms with Gasteiger partial charge in [-0.15, -0.1) is 0 Å². The van der Waals surface area contributed by atoms with Crippen LogP contribution in [0.25, 0.3) is 11.1 Å². The lowest BCUT2D eigenvalue weighted by atomic mass is 10.0. The molecule has 6 nitrogen and oxygen atoms in total. The molecule has 0 aliphatic heterocycles. The minimum absolute atomic E-state index is 0.117. The molecule has 0 saturated heterocycles. The van der Waals surface area contributed by atoms with Gasteiger partial charge in [-0.25, -0.2) is 12.7 Å². The van der Waals surface area contributed by atoms with E-state index in [0.29, 0.717) is 11.4 Å². The predicted molar refractivity (Wildman–Crippen MR) is 123 cm³/mol. The molecular weight excluding hydrogens is 412 g/mol. The molecule has 0 heterocycles. The molecule has 0 unspecified atom stereocenters. The molecule has 0 saturated carbocycles. The van der Waals surface area contributed by atoms with Crippen molar-refractivity contribution >= 4 is 21.6 Å². The Morgan fingerprint density at radius 3 is 2.06 bits per heavy atom. The van der Waals surface area contributed by atoms with Crippen LogP contribution in [0.3, 0.4) is 0 Å². The Labute approximate surface area is 183 Å². The van der Waals surface area contributed by atoms with E-state index in [9.17, 15) is 13.2 Å². The Balaban J connectivity index is 1.63. The van der Waals surface area contributed by atoms with Crippen LogP contribution in [0.1, 0.15) is 11.1 Å². The summed E-state index contributed by atoms with van der Waals surface area (Å²) in [5.74, 6) is 0.205. The normalized spacial score (nSPS) is 11.4. The standard InChI is InChI=1S/C24H26N2O4S/c1-17-5-8-19(9-6-17)20-10-12-21(13-11-20)30-16-24(27)25-23-15-22(14-7-18(23)2)31(28,29)26(3)4/h5-15H,16H2,1-4H3,(H,25,27). The third-order valence-corrected chi connectivity index (χ3v) is 6.68. The minimum atomic E-state index is -3.59. The van der Waals surface area contributed by atoms with Crippen molar-refractivity contribution in [3.63, 3.8) is 0 Å². The molecule has 0 bridgehead atoms. The van der Waals surface area contributed by atoms with Crippen LogP contribution in [0, 0.1) is 13.8 Å². The fraction of sp³-hybridized carbons (Fsp3) is 0.208. The van der Waals surface area contributed by atoms with Gasteiger partial charge in [0.1, 0.15) is 5.75 Å². The quantitative estimate of drug-likeness (QED) is 0.599. The molecule has 3 aromatic carbocycles. The van der Waals surface area contributed by atoms with Crippen LogP contribution in [0.4, 0.5) is 5.69 Å².